The summed E-state index contributed by atoms with van der Waals surface area (Å²) in [6.07, 6.45) is 0. The molecular formula is C11H12Br2O3S. The van der Waals surface area contributed by atoms with Crippen molar-refractivity contribution >= 4 is 47.5 Å². The molecule has 0 aliphatic heterocycles. The summed E-state index contributed by atoms with van der Waals surface area (Å²) in [5, 5.41) is 0. The normalized spacial score (nSPS) is 12.5. The van der Waals surface area contributed by atoms with Gasteiger partial charge < -0.3 is 0 Å². The van der Waals surface area contributed by atoms with Gasteiger partial charge in [0.1, 0.15) is 0 Å². The van der Waals surface area contributed by atoms with E-state index in [-0.39, 0.29) is 5.75 Å². The average molecular weight is 384 g/mol. The largest absolute Gasteiger partial charge is 0.290 e. The van der Waals surface area contributed by atoms with Gasteiger partial charge in [0.15, 0.2) is 9.84 Å². The maximum Gasteiger partial charge on any atom is 0.243 e. The summed E-state index contributed by atoms with van der Waals surface area (Å²) in [5.41, 5.74) is 1.26. The number of carbonyl (C=O) groups excluding carboxylic acids is 1. The van der Waals surface area contributed by atoms with E-state index in [1.165, 1.54) is 6.92 Å². The standard InChI is InChI=1S/C11H12Br2O3S/c1-3-17(15,16)11(12,13)10(14)9-6-4-5-8(2)7-9/h4-7H,3H2,1-2H3. The molecule has 1 aromatic rings. The Morgan fingerprint density at radius 1 is 1.35 bits per heavy atom. The minimum Gasteiger partial charge on any atom is -0.290 e. The molecule has 0 saturated carbocycles. The molecule has 0 saturated heterocycles. The molecule has 0 atom stereocenters. The molecule has 1 aromatic carbocycles. The predicted molar refractivity (Wildman–Crippen MR) is 75.6 cm³/mol. The molecule has 0 bridgehead atoms. The summed E-state index contributed by atoms with van der Waals surface area (Å²) in [5.74, 6) is -0.635. The Bertz CT molecular complexity index is 535. The van der Waals surface area contributed by atoms with Crippen molar-refractivity contribution in [1.29, 1.82) is 0 Å². The van der Waals surface area contributed by atoms with Gasteiger partial charge in [-0.1, -0.05) is 30.7 Å². The topological polar surface area (TPSA) is 51.2 Å². The van der Waals surface area contributed by atoms with Gasteiger partial charge in [-0.25, -0.2) is 8.42 Å². The first-order valence-electron chi connectivity index (χ1n) is 4.94. The van der Waals surface area contributed by atoms with E-state index in [1.54, 1.807) is 18.2 Å². The van der Waals surface area contributed by atoms with Crippen LogP contribution in [0.3, 0.4) is 0 Å². The van der Waals surface area contributed by atoms with Gasteiger partial charge in [0.2, 0.25) is 8.35 Å². The third-order valence-corrected chi connectivity index (χ3v) is 7.72. The SMILES string of the molecule is CCS(=O)(=O)C(Br)(Br)C(=O)c1cccc(C)c1. The molecule has 0 aliphatic carbocycles. The molecular weight excluding hydrogens is 372 g/mol. The van der Waals surface area contributed by atoms with Crippen molar-refractivity contribution in [3.8, 4) is 0 Å². The van der Waals surface area contributed by atoms with Gasteiger partial charge in [-0.3, -0.25) is 4.79 Å². The zero-order valence-electron chi connectivity index (χ0n) is 9.41. The Morgan fingerprint density at radius 2 is 1.94 bits per heavy atom. The van der Waals surface area contributed by atoms with Crippen molar-refractivity contribution in [3.05, 3.63) is 35.4 Å². The number of ketones is 1. The molecule has 0 fully saturated rings. The number of halogens is 2. The van der Waals surface area contributed by atoms with Crippen LogP contribution in [0.1, 0.15) is 22.8 Å². The Labute approximate surface area is 118 Å². The number of carbonyl (C=O) groups is 1. The second kappa shape index (κ2) is 5.20. The third-order valence-electron chi connectivity index (χ3n) is 2.32. The molecule has 94 valence electrons. The average Bonchev–Trinajstić information content (AvgIpc) is 2.27. The fourth-order valence-electron chi connectivity index (χ4n) is 1.28. The highest BCUT2D eigenvalue weighted by atomic mass is 79.9. The minimum absolute atomic E-state index is 0.124. The zero-order chi connectivity index (χ0) is 13.3. The summed E-state index contributed by atoms with van der Waals surface area (Å²) in [6.45, 7) is 3.34. The third kappa shape index (κ3) is 2.98. The van der Waals surface area contributed by atoms with Crippen LogP contribution in [0.5, 0.6) is 0 Å². The number of benzene rings is 1. The first-order valence-corrected chi connectivity index (χ1v) is 8.17. The molecule has 6 heteroatoms. The molecule has 0 aromatic heterocycles. The lowest BCUT2D eigenvalue weighted by Crippen LogP contribution is -2.35. The number of Topliss-reactive ketones (excluding diaryl/α,β-unsaturated/α-hetero) is 1. The number of hydrogen-bond donors (Lipinski definition) is 0. The fourth-order valence-corrected chi connectivity index (χ4v) is 3.87. The fraction of sp³-hybridized carbons (Fsp3) is 0.364. The van der Waals surface area contributed by atoms with Crippen molar-refractivity contribution in [1.82, 2.24) is 0 Å². The molecule has 0 unspecified atom stereocenters. The van der Waals surface area contributed by atoms with Crippen molar-refractivity contribution in [2.75, 3.05) is 5.75 Å². The molecule has 0 spiro atoms. The van der Waals surface area contributed by atoms with E-state index in [9.17, 15) is 13.2 Å². The minimum atomic E-state index is -3.57. The maximum absolute atomic E-state index is 12.2. The lowest BCUT2D eigenvalue weighted by molar-refractivity contribution is 0.100. The molecule has 1 rings (SSSR count). The van der Waals surface area contributed by atoms with Crippen LogP contribution in [0, 0.1) is 6.92 Å². The van der Waals surface area contributed by atoms with Crippen LogP contribution >= 0.6 is 31.9 Å². The molecule has 17 heavy (non-hydrogen) atoms. The van der Waals surface area contributed by atoms with Crippen molar-refractivity contribution in [2.24, 2.45) is 0 Å². The van der Waals surface area contributed by atoms with Crippen LogP contribution in [-0.4, -0.2) is 22.5 Å². The van der Waals surface area contributed by atoms with E-state index in [4.69, 9.17) is 0 Å². The highest BCUT2D eigenvalue weighted by Crippen LogP contribution is 2.37. The number of sulfone groups is 1. The van der Waals surface area contributed by atoms with E-state index in [0.29, 0.717) is 5.56 Å². The zero-order valence-corrected chi connectivity index (χ0v) is 13.4. The van der Waals surface area contributed by atoms with Crippen LogP contribution < -0.4 is 0 Å². The summed E-state index contributed by atoms with van der Waals surface area (Å²) in [4.78, 5) is 12.2. The van der Waals surface area contributed by atoms with E-state index < -0.39 is 18.2 Å². The molecule has 0 aliphatic rings. The summed E-state index contributed by atoms with van der Waals surface area (Å²) >= 11 is 5.94. The summed E-state index contributed by atoms with van der Waals surface area (Å²) in [6, 6.07) is 6.81. The van der Waals surface area contributed by atoms with Gasteiger partial charge in [-0.2, -0.15) is 0 Å². The van der Waals surface area contributed by atoms with Crippen LogP contribution in [0.25, 0.3) is 0 Å². The molecule has 3 nitrogen and oxygen atoms in total. The van der Waals surface area contributed by atoms with Gasteiger partial charge in [0.05, 0.1) is 5.75 Å². The van der Waals surface area contributed by atoms with Crippen LogP contribution in [0.4, 0.5) is 0 Å². The van der Waals surface area contributed by atoms with Crippen LogP contribution in [0.2, 0.25) is 0 Å². The smallest absolute Gasteiger partial charge is 0.243 e. The van der Waals surface area contributed by atoms with Crippen molar-refractivity contribution < 1.29 is 13.2 Å². The molecule has 0 amide bonds. The van der Waals surface area contributed by atoms with Gasteiger partial charge in [0, 0.05) is 5.56 Å². The Balaban J connectivity index is 3.23. The maximum atomic E-state index is 12.2. The second-order valence-corrected chi connectivity index (χ2v) is 10.5. The number of hydrogen-bond acceptors (Lipinski definition) is 3. The lowest BCUT2D eigenvalue weighted by atomic mass is 10.1. The van der Waals surface area contributed by atoms with Gasteiger partial charge in [0.25, 0.3) is 0 Å². The number of rotatable bonds is 4. The summed E-state index contributed by atoms with van der Waals surface area (Å²) < 4.78 is 21.9. The monoisotopic (exact) mass is 382 g/mol. The highest BCUT2D eigenvalue weighted by Gasteiger charge is 2.45. The molecule has 0 N–H and O–H groups in total. The Morgan fingerprint density at radius 3 is 2.41 bits per heavy atom. The van der Waals surface area contributed by atoms with Gasteiger partial charge in [-0.05, 0) is 44.8 Å². The lowest BCUT2D eigenvalue weighted by Gasteiger charge is -2.18. The number of alkyl halides is 2. The van der Waals surface area contributed by atoms with Gasteiger partial charge in [-0.15, -0.1) is 0 Å². The highest BCUT2D eigenvalue weighted by molar-refractivity contribution is 9.28. The predicted octanol–water partition coefficient (Wildman–Crippen LogP) is 3.06. The second-order valence-electron chi connectivity index (χ2n) is 3.62. The number of aryl methyl sites for hydroxylation is 1. The van der Waals surface area contributed by atoms with Crippen molar-refractivity contribution in [2.45, 2.75) is 16.4 Å². The molecule has 0 heterocycles. The van der Waals surface area contributed by atoms with Crippen molar-refractivity contribution in [3.63, 3.8) is 0 Å². The molecule has 0 radical (unpaired) electrons. The van der Waals surface area contributed by atoms with Gasteiger partial charge >= 0.3 is 0 Å². The quantitative estimate of drug-likeness (QED) is 0.593. The van der Waals surface area contributed by atoms with Crippen LogP contribution in [0.15, 0.2) is 24.3 Å². The van der Waals surface area contributed by atoms with E-state index in [1.807, 2.05) is 13.0 Å². The first-order chi connectivity index (χ1) is 7.72. The Kier molecular flexibility index (Phi) is 4.54. The Hall–Kier alpha value is -0.200. The summed E-state index contributed by atoms with van der Waals surface area (Å²) in [7, 11) is -3.57. The van der Waals surface area contributed by atoms with E-state index in [2.05, 4.69) is 31.9 Å². The van der Waals surface area contributed by atoms with Crippen LogP contribution in [-0.2, 0) is 9.84 Å². The van der Waals surface area contributed by atoms with E-state index >= 15 is 0 Å². The van der Waals surface area contributed by atoms with E-state index in [0.717, 1.165) is 5.56 Å². The first kappa shape index (κ1) is 14.9.